The molecule has 20 heavy (non-hydrogen) atoms. The van der Waals surface area contributed by atoms with Gasteiger partial charge in [-0.2, -0.15) is 0 Å². The second kappa shape index (κ2) is 6.26. The van der Waals surface area contributed by atoms with Crippen molar-refractivity contribution in [2.24, 2.45) is 0 Å². The summed E-state index contributed by atoms with van der Waals surface area (Å²) < 4.78 is 27.9. The Hall–Kier alpha value is -0.890. The predicted octanol–water partition coefficient (Wildman–Crippen LogP) is 3.13. The van der Waals surface area contributed by atoms with Gasteiger partial charge in [-0.15, -0.1) is 11.3 Å². The zero-order valence-corrected chi connectivity index (χ0v) is 14.1. The molecule has 0 aliphatic rings. The van der Waals surface area contributed by atoms with Crippen molar-refractivity contribution in [1.82, 2.24) is 4.72 Å². The van der Waals surface area contributed by atoms with Crippen LogP contribution < -0.4 is 10.5 Å². The van der Waals surface area contributed by atoms with Crippen LogP contribution in [0.1, 0.15) is 17.4 Å². The number of aryl methyl sites for hydroxylation is 1. The summed E-state index contributed by atoms with van der Waals surface area (Å²) in [6.07, 6.45) is 0.779. The monoisotopic (exact) mass is 374 g/mol. The molecule has 0 bridgehead atoms. The maximum Gasteiger partial charge on any atom is 0.240 e. The van der Waals surface area contributed by atoms with E-state index in [2.05, 4.69) is 20.7 Å². The molecule has 0 spiro atoms. The number of hydrogen-bond donors (Lipinski definition) is 2. The zero-order valence-electron chi connectivity index (χ0n) is 10.9. The number of sulfonamides is 1. The average Bonchev–Trinajstić information content (AvgIpc) is 2.82. The fourth-order valence-electron chi connectivity index (χ4n) is 1.76. The fourth-order valence-corrected chi connectivity index (χ4v) is 4.31. The van der Waals surface area contributed by atoms with E-state index < -0.39 is 10.0 Å². The summed E-state index contributed by atoms with van der Waals surface area (Å²) in [5.41, 5.74) is 7.30. The standard InChI is InChI=1S/C13H15BrN2O2S2/c1-2-9-3-4-10(7-12(9)15)20(17,18)16-8-13-11(14)5-6-19-13/h3-7,16H,2,8,15H2,1H3. The van der Waals surface area contributed by atoms with E-state index in [0.717, 1.165) is 21.3 Å². The van der Waals surface area contributed by atoms with Crippen LogP contribution in [0.4, 0.5) is 5.69 Å². The Balaban J connectivity index is 2.18. The number of hydrogen-bond acceptors (Lipinski definition) is 4. The molecule has 3 N–H and O–H groups in total. The van der Waals surface area contributed by atoms with Crippen LogP contribution in [0.5, 0.6) is 0 Å². The number of anilines is 1. The largest absolute Gasteiger partial charge is 0.398 e. The third kappa shape index (κ3) is 3.41. The maximum atomic E-state index is 12.2. The van der Waals surface area contributed by atoms with Gasteiger partial charge in [0.25, 0.3) is 0 Å². The summed E-state index contributed by atoms with van der Waals surface area (Å²) in [6, 6.07) is 6.74. The minimum absolute atomic E-state index is 0.194. The van der Waals surface area contributed by atoms with Crippen LogP contribution in [0.3, 0.4) is 0 Å². The first kappa shape index (κ1) is 15.5. The lowest BCUT2D eigenvalue weighted by atomic mass is 10.1. The Kier molecular flexibility index (Phi) is 4.85. The summed E-state index contributed by atoms with van der Waals surface area (Å²) in [5.74, 6) is 0. The summed E-state index contributed by atoms with van der Waals surface area (Å²) in [7, 11) is -3.54. The molecule has 2 aromatic rings. The van der Waals surface area contributed by atoms with Crippen molar-refractivity contribution < 1.29 is 8.42 Å². The molecule has 0 saturated heterocycles. The number of thiophene rings is 1. The first-order valence-electron chi connectivity index (χ1n) is 6.04. The highest BCUT2D eigenvalue weighted by Crippen LogP contribution is 2.23. The molecule has 108 valence electrons. The molecule has 4 nitrogen and oxygen atoms in total. The molecule has 0 fully saturated rings. The molecule has 0 aliphatic heterocycles. The number of halogens is 1. The zero-order chi connectivity index (χ0) is 14.8. The molecular weight excluding hydrogens is 360 g/mol. The molecule has 1 aromatic carbocycles. The van der Waals surface area contributed by atoms with Gasteiger partial charge in [-0.1, -0.05) is 13.0 Å². The number of nitrogen functional groups attached to an aromatic ring is 1. The van der Waals surface area contributed by atoms with Crippen LogP contribution >= 0.6 is 27.3 Å². The maximum absolute atomic E-state index is 12.2. The lowest BCUT2D eigenvalue weighted by Gasteiger charge is -2.09. The smallest absolute Gasteiger partial charge is 0.240 e. The van der Waals surface area contributed by atoms with Crippen molar-refractivity contribution >= 4 is 43.0 Å². The Bertz CT molecular complexity index is 711. The Morgan fingerprint density at radius 3 is 2.65 bits per heavy atom. The number of rotatable bonds is 5. The SMILES string of the molecule is CCc1ccc(S(=O)(=O)NCc2sccc2Br)cc1N. The van der Waals surface area contributed by atoms with Crippen molar-refractivity contribution in [3.05, 3.63) is 44.6 Å². The summed E-state index contributed by atoms with van der Waals surface area (Å²) in [4.78, 5) is 1.13. The van der Waals surface area contributed by atoms with E-state index in [9.17, 15) is 8.42 Å². The Labute approximate surface area is 131 Å². The predicted molar refractivity (Wildman–Crippen MR) is 86.3 cm³/mol. The number of nitrogens with one attached hydrogen (secondary N) is 1. The Morgan fingerprint density at radius 1 is 1.35 bits per heavy atom. The third-order valence-corrected chi connectivity index (χ3v) is 6.25. The van der Waals surface area contributed by atoms with Crippen molar-refractivity contribution in [2.45, 2.75) is 24.8 Å². The van der Waals surface area contributed by atoms with Gasteiger partial charge in [0.1, 0.15) is 0 Å². The third-order valence-electron chi connectivity index (χ3n) is 2.92. The van der Waals surface area contributed by atoms with Crippen LogP contribution in [-0.4, -0.2) is 8.42 Å². The van der Waals surface area contributed by atoms with Crippen LogP contribution in [0, 0.1) is 0 Å². The van der Waals surface area contributed by atoms with E-state index in [1.165, 1.54) is 17.4 Å². The fraction of sp³-hybridized carbons (Fsp3) is 0.231. The van der Waals surface area contributed by atoms with Crippen molar-refractivity contribution in [3.8, 4) is 0 Å². The minimum Gasteiger partial charge on any atom is -0.398 e. The van der Waals surface area contributed by atoms with E-state index in [-0.39, 0.29) is 11.4 Å². The molecular formula is C13H15BrN2O2S2. The highest BCUT2D eigenvalue weighted by atomic mass is 79.9. The molecule has 2 rings (SSSR count). The van der Waals surface area contributed by atoms with Gasteiger partial charge in [0.2, 0.25) is 10.0 Å². The van der Waals surface area contributed by atoms with E-state index in [4.69, 9.17) is 5.73 Å². The van der Waals surface area contributed by atoms with Gasteiger partial charge in [-0.05, 0) is 51.5 Å². The Morgan fingerprint density at radius 2 is 2.10 bits per heavy atom. The van der Waals surface area contributed by atoms with Crippen molar-refractivity contribution in [2.75, 3.05) is 5.73 Å². The molecule has 0 amide bonds. The highest BCUT2D eigenvalue weighted by molar-refractivity contribution is 9.10. The minimum atomic E-state index is -3.54. The van der Waals surface area contributed by atoms with Gasteiger partial charge < -0.3 is 5.73 Å². The van der Waals surface area contributed by atoms with Gasteiger partial charge >= 0.3 is 0 Å². The van der Waals surface area contributed by atoms with Crippen molar-refractivity contribution in [1.29, 1.82) is 0 Å². The van der Waals surface area contributed by atoms with Gasteiger partial charge in [0.05, 0.1) is 4.90 Å². The quantitative estimate of drug-likeness (QED) is 0.789. The van der Waals surface area contributed by atoms with Crippen LogP contribution in [0.15, 0.2) is 39.0 Å². The van der Waals surface area contributed by atoms with E-state index in [0.29, 0.717) is 5.69 Å². The first-order valence-corrected chi connectivity index (χ1v) is 9.19. The van der Waals surface area contributed by atoms with E-state index in [1.807, 2.05) is 18.4 Å². The summed E-state index contributed by atoms with van der Waals surface area (Å²) >= 11 is 4.87. The first-order chi connectivity index (χ1) is 9.44. The van der Waals surface area contributed by atoms with E-state index in [1.54, 1.807) is 12.1 Å². The summed E-state index contributed by atoms with van der Waals surface area (Å²) in [5, 5.41) is 1.90. The second-order valence-electron chi connectivity index (χ2n) is 4.23. The second-order valence-corrected chi connectivity index (χ2v) is 7.85. The normalized spacial score (nSPS) is 11.7. The number of benzene rings is 1. The molecule has 1 aromatic heterocycles. The lowest BCUT2D eigenvalue weighted by Crippen LogP contribution is -2.23. The van der Waals surface area contributed by atoms with Gasteiger partial charge in [0, 0.05) is 21.6 Å². The lowest BCUT2D eigenvalue weighted by molar-refractivity contribution is 0.581. The molecule has 0 unspecified atom stereocenters. The average molecular weight is 375 g/mol. The van der Waals surface area contributed by atoms with Crippen molar-refractivity contribution in [3.63, 3.8) is 0 Å². The molecule has 0 radical (unpaired) electrons. The van der Waals surface area contributed by atoms with Crippen LogP contribution in [0.2, 0.25) is 0 Å². The number of nitrogens with two attached hydrogens (primary N) is 1. The van der Waals surface area contributed by atoms with Gasteiger partial charge in [-0.25, -0.2) is 13.1 Å². The molecule has 0 saturated carbocycles. The van der Waals surface area contributed by atoms with Gasteiger partial charge in [-0.3, -0.25) is 0 Å². The molecule has 1 heterocycles. The topological polar surface area (TPSA) is 72.2 Å². The highest BCUT2D eigenvalue weighted by Gasteiger charge is 2.15. The van der Waals surface area contributed by atoms with Crippen LogP contribution in [0.25, 0.3) is 0 Å². The van der Waals surface area contributed by atoms with Gasteiger partial charge in [0.15, 0.2) is 0 Å². The summed E-state index contributed by atoms with van der Waals surface area (Å²) in [6.45, 7) is 2.24. The molecule has 7 heteroatoms. The van der Waals surface area contributed by atoms with Crippen LogP contribution in [-0.2, 0) is 23.0 Å². The molecule has 0 atom stereocenters. The molecule has 0 aliphatic carbocycles. The van der Waals surface area contributed by atoms with E-state index >= 15 is 0 Å².